The Hall–Kier alpha value is -2.78. The maximum absolute atomic E-state index is 12.7. The summed E-state index contributed by atoms with van der Waals surface area (Å²) in [6, 6.07) is 9.18. The van der Waals surface area contributed by atoms with Crippen LogP contribution in [-0.2, 0) is 17.6 Å². The van der Waals surface area contributed by atoms with Gasteiger partial charge in [-0.3, -0.25) is 9.59 Å². The first kappa shape index (κ1) is 33.7. The van der Waals surface area contributed by atoms with Crippen molar-refractivity contribution in [1.29, 1.82) is 0 Å². The van der Waals surface area contributed by atoms with Gasteiger partial charge in [-0.15, -0.1) is 23.1 Å². The summed E-state index contributed by atoms with van der Waals surface area (Å²) in [7, 11) is 0. The molecule has 9 heteroatoms. The number of aryl methyl sites for hydroxylation is 2. The lowest BCUT2D eigenvalue weighted by Crippen LogP contribution is -2.08. The van der Waals surface area contributed by atoms with Crippen molar-refractivity contribution in [3.8, 4) is 5.95 Å². The number of hydrogen-bond acceptors (Lipinski definition) is 7. The molecule has 0 saturated carbocycles. The molecule has 2 heterocycles. The molecule has 0 spiro atoms. The highest BCUT2D eigenvalue weighted by atomic mass is 32.2. The van der Waals surface area contributed by atoms with Gasteiger partial charge in [0, 0.05) is 31.9 Å². The van der Waals surface area contributed by atoms with Gasteiger partial charge in [0.2, 0.25) is 0 Å². The Labute approximate surface area is 256 Å². The van der Waals surface area contributed by atoms with Crippen molar-refractivity contribution >= 4 is 46.2 Å². The lowest BCUT2D eigenvalue weighted by molar-refractivity contribution is -0.137. The van der Waals surface area contributed by atoms with Crippen LogP contribution in [0.3, 0.4) is 0 Å². The summed E-state index contributed by atoms with van der Waals surface area (Å²) in [6.45, 7) is 4.29. The minimum Gasteiger partial charge on any atom is -0.481 e. The van der Waals surface area contributed by atoms with Gasteiger partial charge in [-0.05, 0) is 56.4 Å². The fourth-order valence-electron chi connectivity index (χ4n) is 5.12. The maximum Gasteiger partial charge on any atom is 0.513 e. The van der Waals surface area contributed by atoms with Gasteiger partial charge in [0.1, 0.15) is 5.58 Å². The minimum absolute atomic E-state index is 0.120. The number of thiophene rings is 1. The van der Waals surface area contributed by atoms with Crippen LogP contribution in [0.15, 0.2) is 44.4 Å². The molecule has 3 rings (SSSR count). The van der Waals surface area contributed by atoms with E-state index < -0.39 is 12.1 Å². The highest BCUT2D eigenvalue weighted by molar-refractivity contribution is 7.99. The van der Waals surface area contributed by atoms with E-state index in [4.69, 9.17) is 14.6 Å². The molecule has 42 heavy (non-hydrogen) atoms. The van der Waals surface area contributed by atoms with E-state index in [1.165, 1.54) is 61.1 Å². The van der Waals surface area contributed by atoms with Crippen LogP contribution in [0.25, 0.3) is 11.0 Å². The molecule has 1 aromatic carbocycles. The molecule has 0 fully saturated rings. The molecule has 0 aliphatic carbocycles. The first-order valence-electron chi connectivity index (χ1n) is 15.3. The molecule has 0 saturated heterocycles. The van der Waals surface area contributed by atoms with Crippen molar-refractivity contribution in [1.82, 2.24) is 0 Å². The molecule has 230 valence electrons. The zero-order valence-electron chi connectivity index (χ0n) is 24.8. The number of carboxylic acid groups (broad SMARTS) is 2. The molecule has 0 aliphatic heterocycles. The topological polar surface area (TPSA) is 114 Å². The van der Waals surface area contributed by atoms with E-state index in [2.05, 4.69) is 23.8 Å². The number of hydrogen-bond donors (Lipinski definition) is 2. The van der Waals surface area contributed by atoms with E-state index in [0.717, 1.165) is 42.2 Å². The first-order valence-corrected chi connectivity index (χ1v) is 17.0. The zero-order valence-corrected chi connectivity index (χ0v) is 26.5. The van der Waals surface area contributed by atoms with Gasteiger partial charge >= 0.3 is 12.1 Å². The van der Waals surface area contributed by atoms with E-state index in [9.17, 15) is 14.4 Å². The third kappa shape index (κ3) is 10.8. The quantitative estimate of drug-likeness (QED) is 0.0732. The highest BCUT2D eigenvalue weighted by Crippen LogP contribution is 2.45. The van der Waals surface area contributed by atoms with E-state index in [-0.39, 0.29) is 23.0 Å². The molecule has 0 aliphatic rings. The Balaban J connectivity index is 1.79. The molecule has 0 amide bonds. The van der Waals surface area contributed by atoms with Crippen molar-refractivity contribution in [3.63, 3.8) is 0 Å². The maximum atomic E-state index is 12.7. The molecular weight excluding hydrogens is 572 g/mol. The van der Waals surface area contributed by atoms with E-state index in [1.807, 2.05) is 24.3 Å². The molecule has 7 nitrogen and oxygen atoms in total. The fraction of sp³-hybridized carbons (Fsp3) is 0.545. The second-order valence-electron chi connectivity index (χ2n) is 10.7. The van der Waals surface area contributed by atoms with Gasteiger partial charge in [0.05, 0.1) is 11.5 Å². The highest BCUT2D eigenvalue weighted by Gasteiger charge is 2.21. The van der Waals surface area contributed by atoms with Gasteiger partial charge in [0.15, 0.2) is 5.43 Å². The van der Waals surface area contributed by atoms with Crippen LogP contribution in [0.4, 0.5) is 4.79 Å². The van der Waals surface area contributed by atoms with Gasteiger partial charge in [0.25, 0.3) is 5.95 Å². The Morgan fingerprint density at radius 1 is 0.905 bits per heavy atom. The number of rotatable bonds is 20. The van der Waals surface area contributed by atoms with Gasteiger partial charge in [-0.2, -0.15) is 0 Å². The van der Waals surface area contributed by atoms with Gasteiger partial charge < -0.3 is 19.4 Å². The van der Waals surface area contributed by atoms with Crippen LogP contribution < -0.4 is 10.2 Å². The third-order valence-corrected chi connectivity index (χ3v) is 10.1. The minimum atomic E-state index is -1.54. The lowest BCUT2D eigenvalue weighted by Gasteiger charge is -2.18. The van der Waals surface area contributed by atoms with Crippen molar-refractivity contribution in [3.05, 3.63) is 55.9 Å². The summed E-state index contributed by atoms with van der Waals surface area (Å²) in [5.74, 6) is -1.12. The standard InChI is InChI=1S/C33H44O7S2/c1-3-5-6-7-8-9-10-11-15-23-18-20-29(41-23)28(16-12-13-17-30(35)36)42-27-21-19-24-26(34)22-31(40-33(37)38)39-32(24)25(27)14-4-2/h18-22,28H,3-17H2,1-2H3,(H,35,36)(H,37,38). The molecule has 0 radical (unpaired) electrons. The number of fused-ring (bicyclic) bond motifs is 1. The van der Waals surface area contributed by atoms with Gasteiger partial charge in [-0.25, -0.2) is 4.79 Å². The number of carboxylic acids is 1. The Morgan fingerprint density at radius 2 is 1.64 bits per heavy atom. The lowest BCUT2D eigenvalue weighted by atomic mass is 10.1. The molecule has 3 aromatic rings. The number of ether oxygens (including phenoxy) is 1. The fourth-order valence-corrected chi connectivity index (χ4v) is 7.75. The van der Waals surface area contributed by atoms with Crippen LogP contribution >= 0.6 is 23.1 Å². The summed E-state index contributed by atoms with van der Waals surface area (Å²) >= 11 is 3.54. The molecular formula is C33H44O7S2. The van der Waals surface area contributed by atoms with Crippen LogP contribution in [-0.4, -0.2) is 22.3 Å². The first-order chi connectivity index (χ1) is 20.3. The molecule has 2 aromatic heterocycles. The summed E-state index contributed by atoms with van der Waals surface area (Å²) in [6.07, 6.45) is 13.7. The number of unbranched alkanes of at least 4 members (excludes halogenated alkanes) is 8. The average Bonchev–Trinajstić information content (AvgIpc) is 3.41. The third-order valence-electron chi connectivity index (χ3n) is 7.28. The smallest absolute Gasteiger partial charge is 0.481 e. The van der Waals surface area contributed by atoms with Crippen molar-refractivity contribution < 1.29 is 29.0 Å². The Bertz CT molecular complexity index is 1340. The summed E-state index contributed by atoms with van der Waals surface area (Å²) in [5, 5.41) is 18.7. The SMILES string of the molecule is CCCCCCCCCCc1ccc(C(CCCCC(=O)O)Sc2ccc3c(=O)cc(OC(=O)O)oc3c2CCC)s1. The summed E-state index contributed by atoms with van der Waals surface area (Å²) in [5.41, 5.74) is 0.867. The van der Waals surface area contributed by atoms with Crippen molar-refractivity contribution in [2.24, 2.45) is 0 Å². The number of thioether (sulfide) groups is 1. The predicted octanol–water partition coefficient (Wildman–Crippen LogP) is 10.0. The largest absolute Gasteiger partial charge is 0.513 e. The normalized spacial score (nSPS) is 12.0. The second-order valence-corrected chi connectivity index (χ2v) is 13.2. The van der Waals surface area contributed by atoms with Crippen LogP contribution in [0.2, 0.25) is 0 Å². The average molecular weight is 617 g/mol. The second kappa shape index (κ2) is 18.0. The van der Waals surface area contributed by atoms with Crippen molar-refractivity contribution in [2.75, 3.05) is 0 Å². The number of aliphatic carboxylic acids is 1. The monoisotopic (exact) mass is 616 g/mol. The van der Waals surface area contributed by atoms with Crippen LogP contribution in [0.5, 0.6) is 5.95 Å². The zero-order chi connectivity index (χ0) is 30.3. The summed E-state index contributed by atoms with van der Waals surface area (Å²) < 4.78 is 10.5. The van der Waals surface area contributed by atoms with Crippen LogP contribution in [0, 0.1) is 0 Å². The molecule has 1 atom stereocenters. The van der Waals surface area contributed by atoms with Crippen LogP contribution in [0.1, 0.15) is 118 Å². The summed E-state index contributed by atoms with van der Waals surface area (Å²) in [4.78, 5) is 38.5. The number of benzene rings is 1. The van der Waals surface area contributed by atoms with E-state index in [1.54, 1.807) is 17.8 Å². The molecule has 1 unspecified atom stereocenters. The Kier molecular flexibility index (Phi) is 14.5. The van der Waals surface area contributed by atoms with Crippen molar-refractivity contribution in [2.45, 2.75) is 120 Å². The number of carbonyl (C=O) groups is 2. The molecule has 0 bridgehead atoms. The van der Waals surface area contributed by atoms with Gasteiger partial charge in [-0.1, -0.05) is 71.6 Å². The molecule has 2 N–H and O–H groups in total. The van der Waals surface area contributed by atoms with E-state index in [0.29, 0.717) is 23.8 Å². The van der Waals surface area contributed by atoms with E-state index >= 15 is 0 Å². The predicted molar refractivity (Wildman–Crippen MR) is 170 cm³/mol. The Morgan fingerprint density at radius 3 is 2.33 bits per heavy atom.